The van der Waals surface area contributed by atoms with E-state index >= 15 is 0 Å². The van der Waals surface area contributed by atoms with Gasteiger partial charge < -0.3 is 14.5 Å². The number of hydrogen-bond acceptors (Lipinski definition) is 5. The number of ether oxygens (including phenoxy) is 1. The Balaban J connectivity index is 3.77. The normalized spacial score (nSPS) is 13.7. The Morgan fingerprint density at radius 1 is 0.739 bits per heavy atom. The maximum Gasteiger partial charge on any atom is 0.0697 e. The fourth-order valence-corrected chi connectivity index (χ4v) is 2.36. The second kappa shape index (κ2) is 14.5. The van der Waals surface area contributed by atoms with Crippen molar-refractivity contribution in [3.8, 4) is 12.1 Å². The van der Waals surface area contributed by atoms with E-state index in [0.717, 1.165) is 51.6 Å². The van der Waals surface area contributed by atoms with Gasteiger partial charge in [0.15, 0.2) is 0 Å². The van der Waals surface area contributed by atoms with Crippen LogP contribution >= 0.6 is 0 Å². The Labute approximate surface area is 142 Å². The summed E-state index contributed by atoms with van der Waals surface area (Å²) < 4.78 is 5.63. The van der Waals surface area contributed by atoms with Crippen LogP contribution in [0.25, 0.3) is 0 Å². The Hall–Kier alpha value is -1.14. The molecule has 0 aromatic rings. The van der Waals surface area contributed by atoms with E-state index in [9.17, 15) is 10.5 Å². The smallest absolute Gasteiger partial charge is 0.0697 e. The molecule has 0 aliphatic rings. The minimum Gasteiger partial charge on any atom is -0.379 e. The van der Waals surface area contributed by atoms with Crippen LogP contribution in [0, 0.1) is 34.5 Å². The molecule has 0 radical (unpaired) electrons. The lowest BCUT2D eigenvalue weighted by atomic mass is 10.0. The Morgan fingerprint density at radius 2 is 1.13 bits per heavy atom. The highest BCUT2D eigenvalue weighted by atomic mass is 16.5. The lowest BCUT2D eigenvalue weighted by molar-refractivity contribution is 0.0908. The van der Waals surface area contributed by atoms with Crippen LogP contribution in [0.5, 0.6) is 0 Å². The molecule has 0 rings (SSSR count). The van der Waals surface area contributed by atoms with E-state index in [2.05, 4.69) is 50.1 Å². The summed E-state index contributed by atoms with van der Waals surface area (Å²) in [7, 11) is 8.24. The first-order valence-corrected chi connectivity index (χ1v) is 8.66. The van der Waals surface area contributed by atoms with E-state index in [1.807, 2.05) is 0 Å². The number of hydrogen-bond donors (Lipinski definition) is 0. The molecule has 0 saturated heterocycles. The molecular weight excluding hydrogens is 288 g/mol. The van der Waals surface area contributed by atoms with Gasteiger partial charge in [-0.15, -0.1) is 0 Å². The van der Waals surface area contributed by atoms with Crippen LogP contribution in [0.15, 0.2) is 0 Å². The summed E-state index contributed by atoms with van der Waals surface area (Å²) in [5.41, 5.74) is 0. The monoisotopic (exact) mass is 322 g/mol. The topological polar surface area (TPSA) is 63.3 Å². The minimum absolute atomic E-state index is 0.0507. The van der Waals surface area contributed by atoms with E-state index in [0.29, 0.717) is 13.2 Å². The molecule has 2 atom stereocenters. The van der Waals surface area contributed by atoms with Crippen molar-refractivity contribution in [2.24, 2.45) is 11.8 Å². The quantitative estimate of drug-likeness (QED) is 0.460. The van der Waals surface area contributed by atoms with Crippen LogP contribution < -0.4 is 0 Å². The van der Waals surface area contributed by atoms with E-state index in [1.54, 1.807) is 0 Å². The molecule has 0 spiro atoms. The third-order valence-electron chi connectivity index (χ3n) is 3.82. The fourth-order valence-electron chi connectivity index (χ4n) is 2.36. The second-order valence-electron chi connectivity index (χ2n) is 6.79. The van der Waals surface area contributed by atoms with E-state index < -0.39 is 0 Å². The Kier molecular flexibility index (Phi) is 13.7. The third kappa shape index (κ3) is 14.2. The SMILES string of the molecule is CN(C)CCCCC(C#N)COCC(C#N)CCCCN(C)C. The number of unbranched alkanes of at least 4 members (excludes halogenated alkanes) is 2. The van der Waals surface area contributed by atoms with Crippen LogP contribution in [-0.4, -0.2) is 64.3 Å². The molecule has 5 nitrogen and oxygen atoms in total. The Morgan fingerprint density at radius 3 is 1.43 bits per heavy atom. The third-order valence-corrected chi connectivity index (χ3v) is 3.82. The Bertz CT molecular complexity index is 323. The van der Waals surface area contributed by atoms with Gasteiger partial charge in [0.1, 0.15) is 0 Å². The van der Waals surface area contributed by atoms with Crippen molar-refractivity contribution in [2.75, 3.05) is 54.5 Å². The van der Waals surface area contributed by atoms with Gasteiger partial charge in [0.25, 0.3) is 0 Å². The summed E-state index contributed by atoms with van der Waals surface area (Å²) in [4.78, 5) is 4.32. The summed E-state index contributed by atoms with van der Waals surface area (Å²) in [6.07, 6.45) is 6.07. The summed E-state index contributed by atoms with van der Waals surface area (Å²) >= 11 is 0. The first-order chi connectivity index (χ1) is 11.0. The molecule has 0 saturated carbocycles. The van der Waals surface area contributed by atoms with Gasteiger partial charge in [-0.05, 0) is 67.0 Å². The molecule has 0 aliphatic heterocycles. The highest BCUT2D eigenvalue weighted by molar-refractivity contribution is 4.85. The van der Waals surface area contributed by atoms with Gasteiger partial charge in [-0.3, -0.25) is 0 Å². The van der Waals surface area contributed by atoms with Crippen molar-refractivity contribution >= 4 is 0 Å². The van der Waals surface area contributed by atoms with Crippen LogP contribution in [0.4, 0.5) is 0 Å². The molecule has 23 heavy (non-hydrogen) atoms. The van der Waals surface area contributed by atoms with Crippen LogP contribution in [0.1, 0.15) is 38.5 Å². The fraction of sp³-hybridized carbons (Fsp3) is 0.889. The van der Waals surface area contributed by atoms with Crippen molar-refractivity contribution < 1.29 is 4.74 Å². The van der Waals surface area contributed by atoms with Crippen molar-refractivity contribution in [1.82, 2.24) is 9.80 Å². The minimum atomic E-state index is -0.0507. The molecule has 5 heteroatoms. The first kappa shape index (κ1) is 21.9. The van der Waals surface area contributed by atoms with E-state index in [4.69, 9.17) is 4.74 Å². The molecule has 132 valence electrons. The average Bonchev–Trinajstić information content (AvgIpc) is 2.51. The van der Waals surface area contributed by atoms with Crippen molar-refractivity contribution in [3.05, 3.63) is 0 Å². The summed E-state index contributed by atoms with van der Waals surface area (Å²) in [6, 6.07) is 4.64. The molecule has 0 fully saturated rings. The lowest BCUT2D eigenvalue weighted by Crippen LogP contribution is -2.16. The van der Waals surface area contributed by atoms with Gasteiger partial charge in [0.2, 0.25) is 0 Å². The van der Waals surface area contributed by atoms with Crippen LogP contribution in [-0.2, 0) is 4.74 Å². The molecule has 0 aromatic carbocycles. The zero-order valence-electron chi connectivity index (χ0n) is 15.4. The highest BCUT2D eigenvalue weighted by Crippen LogP contribution is 2.12. The van der Waals surface area contributed by atoms with Crippen LogP contribution in [0.2, 0.25) is 0 Å². The maximum atomic E-state index is 9.17. The molecule has 0 aromatic heterocycles. The molecule has 0 aliphatic carbocycles. The lowest BCUT2D eigenvalue weighted by Gasteiger charge is -2.14. The molecule has 0 heterocycles. The van der Waals surface area contributed by atoms with Gasteiger partial charge in [0.05, 0.1) is 37.2 Å². The second-order valence-corrected chi connectivity index (χ2v) is 6.79. The van der Waals surface area contributed by atoms with Gasteiger partial charge in [-0.2, -0.15) is 10.5 Å². The van der Waals surface area contributed by atoms with Gasteiger partial charge in [0, 0.05) is 0 Å². The zero-order valence-corrected chi connectivity index (χ0v) is 15.4. The molecule has 0 amide bonds. The summed E-state index contributed by atoms with van der Waals surface area (Å²) in [5, 5.41) is 18.3. The molecule has 2 unspecified atom stereocenters. The molecule has 0 bridgehead atoms. The number of nitrogens with zero attached hydrogens (tertiary/aromatic N) is 4. The average molecular weight is 322 g/mol. The van der Waals surface area contributed by atoms with Crippen molar-refractivity contribution in [3.63, 3.8) is 0 Å². The predicted molar refractivity (Wildman–Crippen MR) is 93.8 cm³/mol. The standard InChI is InChI=1S/C18H34N4O/c1-21(2)11-7-5-9-17(13-19)15-23-16-18(14-20)10-6-8-12-22(3)4/h17-18H,5-12,15-16H2,1-4H3. The number of nitriles is 2. The van der Waals surface area contributed by atoms with Crippen molar-refractivity contribution in [1.29, 1.82) is 10.5 Å². The van der Waals surface area contributed by atoms with Crippen LogP contribution in [0.3, 0.4) is 0 Å². The van der Waals surface area contributed by atoms with Gasteiger partial charge in [-0.25, -0.2) is 0 Å². The maximum absolute atomic E-state index is 9.17. The highest BCUT2D eigenvalue weighted by Gasteiger charge is 2.11. The molecule has 0 N–H and O–H groups in total. The summed E-state index contributed by atoms with van der Waals surface area (Å²) in [5.74, 6) is -0.101. The molecular formula is C18H34N4O. The number of rotatable bonds is 14. The zero-order chi connectivity index (χ0) is 17.5. The summed E-state index contributed by atoms with van der Waals surface area (Å²) in [6.45, 7) is 3.02. The predicted octanol–water partition coefficient (Wildman–Crippen LogP) is 2.75. The first-order valence-electron chi connectivity index (χ1n) is 8.66. The largest absolute Gasteiger partial charge is 0.379 e. The van der Waals surface area contributed by atoms with Gasteiger partial charge >= 0.3 is 0 Å². The van der Waals surface area contributed by atoms with E-state index in [-0.39, 0.29) is 11.8 Å². The van der Waals surface area contributed by atoms with E-state index in [1.165, 1.54) is 0 Å². The van der Waals surface area contributed by atoms with Gasteiger partial charge in [-0.1, -0.05) is 12.8 Å². The van der Waals surface area contributed by atoms with Crippen molar-refractivity contribution in [2.45, 2.75) is 38.5 Å².